The maximum absolute atomic E-state index is 12.2. The molecule has 0 fully saturated rings. The van der Waals surface area contributed by atoms with Gasteiger partial charge in [-0.25, -0.2) is 0 Å². The first-order valence-electron chi connectivity index (χ1n) is 6.40. The van der Waals surface area contributed by atoms with Crippen LogP contribution in [0.4, 0.5) is 5.69 Å². The van der Waals surface area contributed by atoms with Crippen LogP contribution in [0.25, 0.3) is 0 Å². The lowest BCUT2D eigenvalue weighted by Crippen LogP contribution is -2.26. The molecule has 2 rings (SSSR count). The number of rotatable bonds is 4. The molecule has 0 heterocycles. The fourth-order valence-corrected chi connectivity index (χ4v) is 1.98. The number of nitrogens with one attached hydrogen (secondary N) is 1. The molecule has 0 spiro atoms. The summed E-state index contributed by atoms with van der Waals surface area (Å²) in [5.41, 5.74) is 7.80. The fraction of sp³-hybridized carbons (Fsp3) is 0.188. The van der Waals surface area contributed by atoms with E-state index in [1.807, 2.05) is 37.3 Å². The molecule has 1 amide bonds. The standard InChI is InChI=1S/C16H18N2O2/c1-11(12-6-4-3-5-7-12)18-16(19)13-8-14(17)10-15(9-13)20-2/h3-11H,17H2,1-2H3,(H,18,19)/t11-/m1/s1. The van der Waals surface area contributed by atoms with Gasteiger partial charge in [0, 0.05) is 17.3 Å². The van der Waals surface area contributed by atoms with Crippen LogP contribution in [0.5, 0.6) is 5.75 Å². The number of carbonyl (C=O) groups is 1. The van der Waals surface area contributed by atoms with Gasteiger partial charge >= 0.3 is 0 Å². The lowest BCUT2D eigenvalue weighted by molar-refractivity contribution is 0.0939. The number of benzene rings is 2. The molecular formula is C16H18N2O2. The molecule has 0 aliphatic heterocycles. The van der Waals surface area contributed by atoms with Crippen molar-refractivity contribution in [3.8, 4) is 5.75 Å². The largest absolute Gasteiger partial charge is 0.497 e. The molecule has 0 aromatic heterocycles. The molecule has 0 aliphatic carbocycles. The Kier molecular flexibility index (Phi) is 4.25. The Balaban J connectivity index is 2.14. The first-order valence-corrected chi connectivity index (χ1v) is 6.40. The predicted octanol–water partition coefficient (Wildman–Crippen LogP) is 2.77. The summed E-state index contributed by atoms with van der Waals surface area (Å²) >= 11 is 0. The normalized spacial score (nSPS) is 11.7. The zero-order valence-electron chi connectivity index (χ0n) is 11.6. The number of amides is 1. The van der Waals surface area contributed by atoms with Gasteiger partial charge in [0.1, 0.15) is 5.75 Å². The average molecular weight is 270 g/mol. The molecule has 0 saturated heterocycles. The van der Waals surface area contributed by atoms with Crippen LogP contribution >= 0.6 is 0 Å². The van der Waals surface area contributed by atoms with E-state index < -0.39 is 0 Å². The number of hydrogen-bond acceptors (Lipinski definition) is 3. The van der Waals surface area contributed by atoms with Gasteiger partial charge in [-0.1, -0.05) is 30.3 Å². The number of ether oxygens (including phenoxy) is 1. The van der Waals surface area contributed by atoms with E-state index in [1.54, 1.807) is 25.3 Å². The van der Waals surface area contributed by atoms with Gasteiger partial charge in [0.25, 0.3) is 5.91 Å². The summed E-state index contributed by atoms with van der Waals surface area (Å²) < 4.78 is 5.12. The minimum Gasteiger partial charge on any atom is -0.497 e. The van der Waals surface area contributed by atoms with Crippen LogP contribution in [0.15, 0.2) is 48.5 Å². The first kappa shape index (κ1) is 13.9. The summed E-state index contributed by atoms with van der Waals surface area (Å²) in [5.74, 6) is 0.398. The molecule has 20 heavy (non-hydrogen) atoms. The highest BCUT2D eigenvalue weighted by molar-refractivity contribution is 5.95. The Bertz CT molecular complexity index is 597. The third-order valence-corrected chi connectivity index (χ3v) is 3.07. The van der Waals surface area contributed by atoms with E-state index in [2.05, 4.69) is 5.32 Å². The number of hydrogen-bond donors (Lipinski definition) is 2. The van der Waals surface area contributed by atoms with Crippen molar-refractivity contribution in [3.05, 3.63) is 59.7 Å². The first-order chi connectivity index (χ1) is 9.60. The SMILES string of the molecule is COc1cc(N)cc(C(=O)N[C@H](C)c2ccccc2)c1. The van der Waals surface area contributed by atoms with E-state index in [9.17, 15) is 4.79 Å². The van der Waals surface area contributed by atoms with E-state index in [0.29, 0.717) is 17.0 Å². The topological polar surface area (TPSA) is 64.3 Å². The Morgan fingerprint density at radius 3 is 2.55 bits per heavy atom. The number of carbonyl (C=O) groups excluding carboxylic acids is 1. The summed E-state index contributed by atoms with van der Waals surface area (Å²) in [6.07, 6.45) is 0. The minimum atomic E-state index is -0.174. The van der Waals surface area contributed by atoms with Gasteiger partial charge < -0.3 is 15.8 Å². The van der Waals surface area contributed by atoms with Crippen molar-refractivity contribution < 1.29 is 9.53 Å². The number of anilines is 1. The Morgan fingerprint density at radius 2 is 1.90 bits per heavy atom. The van der Waals surface area contributed by atoms with Crippen LogP contribution < -0.4 is 15.8 Å². The molecule has 0 saturated carbocycles. The van der Waals surface area contributed by atoms with Crippen molar-refractivity contribution in [2.24, 2.45) is 0 Å². The zero-order chi connectivity index (χ0) is 14.5. The highest BCUT2D eigenvalue weighted by Crippen LogP contribution is 2.19. The molecule has 2 aromatic rings. The molecule has 1 atom stereocenters. The molecule has 4 nitrogen and oxygen atoms in total. The molecule has 4 heteroatoms. The number of nitrogen functional groups attached to an aromatic ring is 1. The Morgan fingerprint density at radius 1 is 1.20 bits per heavy atom. The molecule has 0 bridgehead atoms. The summed E-state index contributed by atoms with van der Waals surface area (Å²) in [6, 6.07) is 14.7. The average Bonchev–Trinajstić information content (AvgIpc) is 2.47. The maximum Gasteiger partial charge on any atom is 0.251 e. The van der Waals surface area contributed by atoms with E-state index in [4.69, 9.17) is 10.5 Å². The molecule has 104 valence electrons. The monoisotopic (exact) mass is 270 g/mol. The predicted molar refractivity (Wildman–Crippen MR) is 79.7 cm³/mol. The van der Waals surface area contributed by atoms with Gasteiger partial charge in [0.2, 0.25) is 0 Å². The van der Waals surface area contributed by atoms with Crippen molar-refractivity contribution in [3.63, 3.8) is 0 Å². The van der Waals surface area contributed by atoms with E-state index >= 15 is 0 Å². The molecule has 0 unspecified atom stereocenters. The molecule has 0 radical (unpaired) electrons. The van der Waals surface area contributed by atoms with Crippen LogP contribution in [-0.4, -0.2) is 13.0 Å². The number of methoxy groups -OCH3 is 1. The van der Waals surface area contributed by atoms with Gasteiger partial charge in [-0.2, -0.15) is 0 Å². The lowest BCUT2D eigenvalue weighted by atomic mass is 10.1. The Hall–Kier alpha value is -2.49. The van der Waals surface area contributed by atoms with Crippen molar-refractivity contribution in [2.75, 3.05) is 12.8 Å². The smallest absolute Gasteiger partial charge is 0.251 e. The van der Waals surface area contributed by atoms with E-state index in [0.717, 1.165) is 5.56 Å². The second kappa shape index (κ2) is 6.10. The highest BCUT2D eigenvalue weighted by atomic mass is 16.5. The summed E-state index contributed by atoms with van der Waals surface area (Å²) in [4.78, 5) is 12.2. The van der Waals surface area contributed by atoms with Crippen LogP contribution in [0, 0.1) is 0 Å². The van der Waals surface area contributed by atoms with Crippen molar-refractivity contribution in [1.29, 1.82) is 0 Å². The van der Waals surface area contributed by atoms with E-state index in [-0.39, 0.29) is 11.9 Å². The summed E-state index contributed by atoms with van der Waals surface area (Å²) in [5, 5.41) is 2.94. The molecule has 2 aromatic carbocycles. The minimum absolute atomic E-state index is 0.0730. The van der Waals surface area contributed by atoms with Crippen LogP contribution in [0.1, 0.15) is 28.9 Å². The second-order valence-corrected chi connectivity index (χ2v) is 4.60. The van der Waals surface area contributed by atoms with Gasteiger partial charge in [-0.05, 0) is 24.6 Å². The van der Waals surface area contributed by atoms with E-state index in [1.165, 1.54) is 0 Å². The maximum atomic E-state index is 12.2. The van der Waals surface area contributed by atoms with Gasteiger partial charge in [0.05, 0.1) is 13.2 Å². The third kappa shape index (κ3) is 3.29. The summed E-state index contributed by atoms with van der Waals surface area (Å²) in [6.45, 7) is 1.94. The highest BCUT2D eigenvalue weighted by Gasteiger charge is 2.12. The Labute approximate surface area is 118 Å². The number of nitrogens with two attached hydrogens (primary N) is 1. The van der Waals surface area contributed by atoms with Crippen LogP contribution in [0.3, 0.4) is 0 Å². The van der Waals surface area contributed by atoms with Crippen molar-refractivity contribution in [1.82, 2.24) is 5.32 Å². The molecular weight excluding hydrogens is 252 g/mol. The second-order valence-electron chi connectivity index (χ2n) is 4.60. The molecule has 3 N–H and O–H groups in total. The van der Waals surface area contributed by atoms with Crippen molar-refractivity contribution >= 4 is 11.6 Å². The van der Waals surface area contributed by atoms with Crippen LogP contribution in [-0.2, 0) is 0 Å². The quantitative estimate of drug-likeness (QED) is 0.840. The van der Waals surface area contributed by atoms with Gasteiger partial charge in [-0.3, -0.25) is 4.79 Å². The fourth-order valence-electron chi connectivity index (χ4n) is 1.98. The summed E-state index contributed by atoms with van der Waals surface area (Å²) in [7, 11) is 1.54. The molecule has 0 aliphatic rings. The van der Waals surface area contributed by atoms with Gasteiger partial charge in [0.15, 0.2) is 0 Å². The van der Waals surface area contributed by atoms with Crippen LogP contribution in [0.2, 0.25) is 0 Å². The third-order valence-electron chi connectivity index (χ3n) is 3.07. The lowest BCUT2D eigenvalue weighted by Gasteiger charge is -2.15. The van der Waals surface area contributed by atoms with Gasteiger partial charge in [-0.15, -0.1) is 0 Å². The van der Waals surface area contributed by atoms with Crippen molar-refractivity contribution in [2.45, 2.75) is 13.0 Å². The zero-order valence-corrected chi connectivity index (χ0v) is 11.6.